The number of hydrogen-bond donors (Lipinski definition) is 0. The van der Waals surface area contributed by atoms with Crippen LogP contribution in [0.1, 0.15) is 34.4 Å². The molecule has 1 aromatic carbocycles. The number of anilines is 1. The highest BCUT2D eigenvalue weighted by Gasteiger charge is 2.29. The van der Waals surface area contributed by atoms with Crippen molar-refractivity contribution in [2.75, 3.05) is 11.9 Å². The summed E-state index contributed by atoms with van der Waals surface area (Å²) in [5.41, 5.74) is 3.11. The lowest BCUT2D eigenvalue weighted by atomic mass is 10.0. The zero-order valence-electron chi connectivity index (χ0n) is 15.1. The minimum atomic E-state index is -0.310. The molecule has 1 aliphatic heterocycles. The molecule has 0 aliphatic carbocycles. The predicted molar refractivity (Wildman–Crippen MR) is 102 cm³/mol. The van der Waals surface area contributed by atoms with Crippen molar-refractivity contribution < 1.29 is 9.63 Å². The molecule has 1 unspecified atom stereocenters. The number of nitrogens with zero attached hydrogens (tertiary/aromatic N) is 5. The predicted octanol–water partition coefficient (Wildman–Crippen LogP) is 2.96. The van der Waals surface area contributed by atoms with Crippen LogP contribution in [0.4, 0.5) is 5.69 Å². The molecule has 0 fully saturated rings. The number of hydrogen-bond acceptors (Lipinski definition) is 5. The monoisotopic (exact) mass is 361 g/mol. The molecule has 3 heterocycles. The van der Waals surface area contributed by atoms with Crippen LogP contribution in [-0.2, 0) is 11.9 Å². The molecule has 0 saturated heterocycles. The van der Waals surface area contributed by atoms with E-state index in [0.29, 0.717) is 17.9 Å². The van der Waals surface area contributed by atoms with Crippen LogP contribution in [0.15, 0.2) is 66.2 Å². The average molecular weight is 361 g/mol. The highest BCUT2D eigenvalue weighted by molar-refractivity contribution is 6.04. The summed E-state index contributed by atoms with van der Waals surface area (Å²) in [5.74, 6) is 0.513. The molecule has 7 heteroatoms. The van der Waals surface area contributed by atoms with E-state index in [2.05, 4.69) is 15.1 Å². The van der Waals surface area contributed by atoms with Crippen molar-refractivity contribution in [1.29, 1.82) is 0 Å². The third kappa shape index (κ3) is 3.19. The zero-order valence-corrected chi connectivity index (χ0v) is 15.1. The number of rotatable bonds is 4. The lowest BCUT2D eigenvalue weighted by molar-refractivity contribution is 0.0767. The normalized spacial score (nSPS) is 15.9. The number of carbonyl (C=O) groups is 1. The molecule has 1 aliphatic rings. The van der Waals surface area contributed by atoms with Crippen LogP contribution in [0.2, 0.25) is 0 Å². The van der Waals surface area contributed by atoms with E-state index in [1.807, 2.05) is 43.4 Å². The van der Waals surface area contributed by atoms with Crippen molar-refractivity contribution in [3.8, 4) is 0 Å². The molecule has 0 radical (unpaired) electrons. The minimum Gasteiger partial charge on any atom is -0.384 e. The van der Waals surface area contributed by atoms with Crippen LogP contribution >= 0.6 is 0 Å². The van der Waals surface area contributed by atoms with Crippen LogP contribution in [-0.4, -0.2) is 33.2 Å². The third-order valence-corrected chi connectivity index (χ3v) is 4.64. The van der Waals surface area contributed by atoms with Gasteiger partial charge in [0.2, 0.25) is 0 Å². The van der Waals surface area contributed by atoms with Gasteiger partial charge in [-0.2, -0.15) is 0 Å². The van der Waals surface area contributed by atoms with Crippen molar-refractivity contribution in [3.05, 3.63) is 78.1 Å². The van der Waals surface area contributed by atoms with Crippen molar-refractivity contribution in [2.45, 2.75) is 12.5 Å². The summed E-state index contributed by atoms with van der Waals surface area (Å²) in [7, 11) is 3.53. The van der Waals surface area contributed by atoms with Crippen LogP contribution in [0.3, 0.4) is 0 Å². The fourth-order valence-electron chi connectivity index (χ4n) is 3.08. The first kappa shape index (κ1) is 17.0. The molecule has 1 amide bonds. The zero-order chi connectivity index (χ0) is 18.8. The van der Waals surface area contributed by atoms with Crippen molar-refractivity contribution in [2.24, 2.45) is 12.2 Å². The van der Waals surface area contributed by atoms with E-state index in [1.165, 1.54) is 0 Å². The summed E-state index contributed by atoms with van der Waals surface area (Å²) in [6.07, 6.45) is 5.20. The first-order valence-electron chi connectivity index (χ1n) is 8.63. The number of benzene rings is 1. The number of amides is 1. The maximum absolute atomic E-state index is 12.8. The Kier molecular flexibility index (Phi) is 4.42. The summed E-state index contributed by atoms with van der Waals surface area (Å²) in [5, 5.41) is 4.20. The maximum Gasteiger partial charge on any atom is 0.276 e. The molecular weight excluding hydrogens is 342 g/mol. The van der Waals surface area contributed by atoms with E-state index >= 15 is 0 Å². The molecular formula is C20H19N5O2. The van der Waals surface area contributed by atoms with Gasteiger partial charge in [0.15, 0.2) is 11.9 Å². The summed E-state index contributed by atoms with van der Waals surface area (Å²) in [4.78, 5) is 28.5. The van der Waals surface area contributed by atoms with E-state index in [-0.39, 0.29) is 12.0 Å². The van der Waals surface area contributed by atoms with Crippen LogP contribution in [0.5, 0.6) is 0 Å². The van der Waals surface area contributed by atoms with Gasteiger partial charge in [-0.3, -0.25) is 9.78 Å². The molecule has 0 N–H and O–H groups in total. The van der Waals surface area contributed by atoms with E-state index < -0.39 is 0 Å². The molecule has 136 valence electrons. The Morgan fingerprint density at radius 3 is 2.74 bits per heavy atom. The highest BCUT2D eigenvalue weighted by Crippen LogP contribution is 2.29. The smallest absolute Gasteiger partial charge is 0.276 e. The molecule has 27 heavy (non-hydrogen) atoms. The number of pyridine rings is 1. The van der Waals surface area contributed by atoms with Crippen molar-refractivity contribution in [3.63, 3.8) is 0 Å². The molecule has 2 aromatic heterocycles. The third-order valence-electron chi connectivity index (χ3n) is 4.64. The SMILES string of the molecule is CN(C(=O)c1cnc(C2CC(c3ccccc3)=NO2)n1C)c1cccnc1. The maximum atomic E-state index is 12.8. The van der Waals surface area contributed by atoms with Crippen LogP contribution in [0.25, 0.3) is 0 Å². The van der Waals surface area contributed by atoms with Gasteiger partial charge in [0.25, 0.3) is 5.91 Å². The molecule has 7 nitrogen and oxygen atoms in total. The highest BCUT2D eigenvalue weighted by atomic mass is 16.6. The Morgan fingerprint density at radius 2 is 2.00 bits per heavy atom. The summed E-state index contributed by atoms with van der Waals surface area (Å²) >= 11 is 0. The van der Waals surface area contributed by atoms with Gasteiger partial charge in [-0.25, -0.2) is 4.98 Å². The topological polar surface area (TPSA) is 72.6 Å². The van der Waals surface area contributed by atoms with Crippen molar-refractivity contribution in [1.82, 2.24) is 14.5 Å². The lowest BCUT2D eigenvalue weighted by Crippen LogP contribution is -2.28. The number of oxime groups is 1. The van der Waals surface area contributed by atoms with Crippen LogP contribution in [0, 0.1) is 0 Å². The molecule has 0 spiro atoms. The first-order valence-corrected chi connectivity index (χ1v) is 8.63. The van der Waals surface area contributed by atoms with Gasteiger partial charge in [-0.1, -0.05) is 35.5 Å². The fraction of sp³-hybridized carbons (Fsp3) is 0.200. The second-order valence-electron chi connectivity index (χ2n) is 6.34. The van der Waals surface area contributed by atoms with Crippen LogP contribution < -0.4 is 4.90 Å². The van der Waals surface area contributed by atoms with Gasteiger partial charge in [-0.15, -0.1) is 0 Å². The van der Waals surface area contributed by atoms with Gasteiger partial charge < -0.3 is 14.3 Å². The Bertz CT molecular complexity index is 982. The number of imidazole rings is 1. The first-order chi connectivity index (χ1) is 13.1. The van der Waals surface area contributed by atoms with E-state index in [1.54, 1.807) is 41.2 Å². The molecule has 0 saturated carbocycles. The van der Waals surface area contributed by atoms with E-state index in [4.69, 9.17) is 4.84 Å². The van der Waals surface area contributed by atoms with E-state index in [9.17, 15) is 4.79 Å². The average Bonchev–Trinajstić information content (AvgIpc) is 3.35. The summed E-state index contributed by atoms with van der Waals surface area (Å²) < 4.78 is 1.77. The molecule has 1 atom stereocenters. The molecule has 4 rings (SSSR count). The van der Waals surface area contributed by atoms with Gasteiger partial charge in [0, 0.05) is 26.7 Å². The lowest BCUT2D eigenvalue weighted by Gasteiger charge is -2.17. The van der Waals surface area contributed by atoms with E-state index in [0.717, 1.165) is 17.0 Å². The van der Waals surface area contributed by atoms with Gasteiger partial charge >= 0.3 is 0 Å². The molecule has 0 bridgehead atoms. The number of aromatic nitrogens is 3. The second-order valence-corrected chi connectivity index (χ2v) is 6.34. The minimum absolute atomic E-state index is 0.161. The Balaban J connectivity index is 1.52. The quantitative estimate of drug-likeness (QED) is 0.716. The van der Waals surface area contributed by atoms with Gasteiger partial charge in [0.05, 0.1) is 23.8 Å². The Hall–Kier alpha value is -3.48. The van der Waals surface area contributed by atoms with Crippen molar-refractivity contribution >= 4 is 17.3 Å². The molecule has 3 aromatic rings. The summed E-state index contributed by atoms with van der Waals surface area (Å²) in [6, 6.07) is 13.5. The Labute approximate surface area is 156 Å². The van der Waals surface area contributed by atoms with Gasteiger partial charge in [0.1, 0.15) is 5.69 Å². The second kappa shape index (κ2) is 7.03. The Morgan fingerprint density at radius 1 is 1.19 bits per heavy atom. The fourth-order valence-corrected chi connectivity index (χ4v) is 3.08. The van der Waals surface area contributed by atoms with Gasteiger partial charge in [-0.05, 0) is 17.7 Å². The standard InChI is InChI=1S/C20H19N5O2/c1-24(15-9-6-10-21-12-15)20(26)17-13-22-19(25(17)2)18-11-16(23-27-18)14-7-4-3-5-8-14/h3-10,12-13,18H,11H2,1-2H3. The summed E-state index contributed by atoms with van der Waals surface area (Å²) in [6.45, 7) is 0. The number of carbonyl (C=O) groups excluding carboxylic acids is 1. The largest absolute Gasteiger partial charge is 0.384 e.